The third kappa shape index (κ3) is 5.27. The van der Waals surface area contributed by atoms with Gasteiger partial charge in [-0.1, -0.05) is 0 Å². The number of rotatable bonds is 4. The van der Waals surface area contributed by atoms with Crippen LogP contribution in [-0.4, -0.2) is 68.3 Å². The summed E-state index contributed by atoms with van der Waals surface area (Å²) in [6.45, 7) is 2.41. The second-order valence-corrected chi connectivity index (χ2v) is 8.59. The molecule has 38 heavy (non-hydrogen) atoms. The number of likely N-dealkylation sites (N-methyl/N-ethyl adjacent to an activating group) is 1. The van der Waals surface area contributed by atoms with Crippen molar-refractivity contribution in [3.05, 3.63) is 54.0 Å². The minimum Gasteiger partial charge on any atom is -0.353 e. The number of anilines is 3. The second kappa shape index (κ2) is 9.63. The molecule has 1 saturated heterocycles. The maximum atomic E-state index is 14.0. The maximum absolute atomic E-state index is 14.0. The SMILES string of the molecule is CN1CCN(c2cc(C(F)(F)F)c(-c3cnc4c(Nc5ccc(C(F)(F)F)cn5)ccnc4n3)nn2)CC1. The summed E-state index contributed by atoms with van der Waals surface area (Å²) in [5.74, 6) is 0.220. The van der Waals surface area contributed by atoms with Crippen molar-refractivity contribution in [2.45, 2.75) is 12.4 Å². The van der Waals surface area contributed by atoms with Crippen molar-refractivity contribution in [1.29, 1.82) is 0 Å². The number of hydrogen-bond acceptors (Lipinski definition) is 9. The highest BCUT2D eigenvalue weighted by Crippen LogP contribution is 2.37. The van der Waals surface area contributed by atoms with Crippen molar-refractivity contribution in [2.75, 3.05) is 43.4 Å². The molecule has 0 radical (unpaired) electrons. The normalized spacial score (nSPS) is 15.2. The zero-order valence-electron chi connectivity index (χ0n) is 19.7. The Balaban J connectivity index is 1.47. The Morgan fingerprint density at radius 2 is 1.61 bits per heavy atom. The molecule has 1 N–H and O–H groups in total. The summed E-state index contributed by atoms with van der Waals surface area (Å²) in [5, 5.41) is 10.7. The van der Waals surface area contributed by atoms with Gasteiger partial charge >= 0.3 is 12.4 Å². The molecule has 0 aromatic carbocycles. The molecule has 0 amide bonds. The van der Waals surface area contributed by atoms with Crippen LogP contribution >= 0.6 is 0 Å². The van der Waals surface area contributed by atoms with E-state index in [2.05, 4.69) is 40.3 Å². The lowest BCUT2D eigenvalue weighted by molar-refractivity contribution is -0.138. The Kier molecular flexibility index (Phi) is 6.46. The van der Waals surface area contributed by atoms with Crippen LogP contribution in [0.3, 0.4) is 0 Å². The fourth-order valence-electron chi connectivity index (χ4n) is 3.89. The first kappa shape index (κ1) is 25.5. The van der Waals surface area contributed by atoms with E-state index >= 15 is 0 Å². The van der Waals surface area contributed by atoms with Crippen LogP contribution in [0.1, 0.15) is 11.1 Å². The molecular formula is C23H19F6N9. The van der Waals surface area contributed by atoms with E-state index in [0.29, 0.717) is 38.1 Å². The van der Waals surface area contributed by atoms with Crippen LogP contribution in [0.15, 0.2) is 42.9 Å². The first-order chi connectivity index (χ1) is 18.0. The molecule has 9 nitrogen and oxygen atoms in total. The first-order valence-corrected chi connectivity index (χ1v) is 11.3. The van der Waals surface area contributed by atoms with E-state index in [1.807, 2.05) is 7.05 Å². The molecule has 0 unspecified atom stereocenters. The summed E-state index contributed by atoms with van der Waals surface area (Å²) in [5.41, 5.74) is -2.11. The van der Waals surface area contributed by atoms with Gasteiger partial charge in [-0.05, 0) is 31.3 Å². The molecule has 5 rings (SSSR count). The van der Waals surface area contributed by atoms with Crippen LogP contribution in [0.5, 0.6) is 0 Å². The van der Waals surface area contributed by atoms with Crippen LogP contribution < -0.4 is 10.2 Å². The molecule has 0 saturated carbocycles. The van der Waals surface area contributed by atoms with E-state index in [1.54, 1.807) is 4.90 Å². The van der Waals surface area contributed by atoms with E-state index in [9.17, 15) is 26.3 Å². The molecule has 0 spiro atoms. The van der Waals surface area contributed by atoms with Gasteiger partial charge in [0.25, 0.3) is 0 Å². The molecule has 4 aromatic heterocycles. The third-order valence-corrected chi connectivity index (χ3v) is 5.96. The van der Waals surface area contributed by atoms with Gasteiger partial charge in [0.15, 0.2) is 11.5 Å². The lowest BCUT2D eigenvalue weighted by atomic mass is 10.1. The van der Waals surface area contributed by atoms with Gasteiger partial charge in [0.2, 0.25) is 0 Å². The Hall–Kier alpha value is -4.14. The Morgan fingerprint density at radius 3 is 2.26 bits per heavy atom. The van der Waals surface area contributed by atoms with E-state index < -0.39 is 29.2 Å². The molecule has 0 atom stereocenters. The minimum atomic E-state index is -4.73. The van der Waals surface area contributed by atoms with Crippen molar-refractivity contribution in [2.24, 2.45) is 0 Å². The van der Waals surface area contributed by atoms with E-state index in [-0.39, 0.29) is 28.5 Å². The van der Waals surface area contributed by atoms with Gasteiger partial charge in [0, 0.05) is 38.6 Å². The van der Waals surface area contributed by atoms with Gasteiger partial charge in [-0.25, -0.2) is 19.9 Å². The number of alkyl halides is 6. The zero-order valence-corrected chi connectivity index (χ0v) is 19.7. The molecule has 1 aliphatic rings. The summed E-state index contributed by atoms with van der Waals surface area (Å²) >= 11 is 0. The molecule has 5 heterocycles. The highest BCUT2D eigenvalue weighted by Gasteiger charge is 2.37. The van der Waals surface area contributed by atoms with Gasteiger partial charge in [-0.3, -0.25) is 0 Å². The van der Waals surface area contributed by atoms with Crippen molar-refractivity contribution < 1.29 is 26.3 Å². The highest BCUT2D eigenvalue weighted by molar-refractivity contribution is 5.87. The Labute approximate surface area is 211 Å². The standard InChI is InChI=1S/C23H19F6N9/c1-37-6-8-38(9-7-37)18-10-14(23(27,28)29)19(36-35-18)16-12-32-20-15(4-5-30-21(20)34-16)33-17-3-2-13(11-31-17)22(24,25)26/h2-5,10-12H,6-9H2,1H3,(H,30,31,33,34). The number of nitrogens with one attached hydrogen (secondary N) is 1. The van der Waals surface area contributed by atoms with E-state index in [0.717, 1.165) is 24.4 Å². The van der Waals surface area contributed by atoms with Crippen molar-refractivity contribution >= 4 is 28.5 Å². The van der Waals surface area contributed by atoms with Gasteiger partial charge in [0.1, 0.15) is 22.7 Å². The predicted molar refractivity (Wildman–Crippen MR) is 126 cm³/mol. The number of piperazine rings is 1. The van der Waals surface area contributed by atoms with Gasteiger partial charge in [-0.2, -0.15) is 26.3 Å². The van der Waals surface area contributed by atoms with Crippen LogP contribution in [0.4, 0.5) is 43.7 Å². The van der Waals surface area contributed by atoms with Crippen molar-refractivity contribution in [1.82, 2.24) is 35.0 Å². The topological polar surface area (TPSA) is 95.8 Å². The van der Waals surface area contributed by atoms with E-state index in [1.165, 1.54) is 12.3 Å². The quantitative estimate of drug-likeness (QED) is 0.381. The average molecular weight is 535 g/mol. The Morgan fingerprint density at radius 1 is 0.842 bits per heavy atom. The summed E-state index contributed by atoms with van der Waals surface area (Å²) in [7, 11) is 1.93. The predicted octanol–water partition coefficient (Wildman–Crippen LogP) is 4.41. The number of hydrogen-bond donors (Lipinski definition) is 1. The number of pyridine rings is 2. The molecule has 0 bridgehead atoms. The number of nitrogens with zero attached hydrogens (tertiary/aromatic N) is 8. The fraction of sp³-hybridized carbons (Fsp3) is 0.304. The second-order valence-electron chi connectivity index (χ2n) is 8.59. The molecular weight excluding hydrogens is 516 g/mol. The van der Waals surface area contributed by atoms with Gasteiger partial charge < -0.3 is 15.1 Å². The molecule has 198 valence electrons. The third-order valence-electron chi connectivity index (χ3n) is 5.96. The largest absolute Gasteiger partial charge is 0.418 e. The summed E-state index contributed by atoms with van der Waals surface area (Å²) in [6, 6.07) is 4.46. The zero-order chi connectivity index (χ0) is 27.1. The lowest BCUT2D eigenvalue weighted by Gasteiger charge is -2.33. The molecule has 1 aliphatic heterocycles. The summed E-state index contributed by atoms with van der Waals surface area (Å²) < 4.78 is 80.4. The van der Waals surface area contributed by atoms with Gasteiger partial charge in [-0.15, -0.1) is 10.2 Å². The van der Waals surface area contributed by atoms with Gasteiger partial charge in [0.05, 0.1) is 23.0 Å². The molecule has 1 fully saturated rings. The number of aromatic nitrogens is 6. The average Bonchev–Trinajstić information content (AvgIpc) is 2.88. The molecule has 15 heteroatoms. The van der Waals surface area contributed by atoms with Crippen LogP contribution in [-0.2, 0) is 12.4 Å². The lowest BCUT2D eigenvalue weighted by Crippen LogP contribution is -2.45. The van der Waals surface area contributed by atoms with Crippen LogP contribution in [0.25, 0.3) is 22.6 Å². The van der Waals surface area contributed by atoms with Crippen LogP contribution in [0.2, 0.25) is 0 Å². The van der Waals surface area contributed by atoms with Crippen molar-refractivity contribution in [3.8, 4) is 11.4 Å². The summed E-state index contributed by atoms with van der Waals surface area (Å²) in [4.78, 5) is 20.1. The number of fused-ring (bicyclic) bond motifs is 1. The first-order valence-electron chi connectivity index (χ1n) is 11.3. The van der Waals surface area contributed by atoms with Crippen molar-refractivity contribution in [3.63, 3.8) is 0 Å². The maximum Gasteiger partial charge on any atom is 0.418 e. The molecule has 4 aromatic rings. The van der Waals surface area contributed by atoms with E-state index in [4.69, 9.17) is 0 Å². The smallest absolute Gasteiger partial charge is 0.353 e. The fourth-order valence-corrected chi connectivity index (χ4v) is 3.89. The number of halogens is 6. The monoisotopic (exact) mass is 535 g/mol. The van der Waals surface area contributed by atoms with Crippen LogP contribution in [0, 0.1) is 0 Å². The molecule has 0 aliphatic carbocycles. The summed E-state index contributed by atoms with van der Waals surface area (Å²) in [6.07, 6.45) is -6.13. The minimum absolute atomic E-state index is 0.00233. The highest BCUT2D eigenvalue weighted by atomic mass is 19.4. The Bertz CT molecular complexity index is 1450.